The molecule has 1 atom stereocenters. The number of para-hydroxylation sites is 2. The summed E-state index contributed by atoms with van der Waals surface area (Å²) in [6.45, 7) is 2.37. The summed E-state index contributed by atoms with van der Waals surface area (Å²) in [6.07, 6.45) is 0.133. The van der Waals surface area contributed by atoms with Gasteiger partial charge < -0.3 is 19.7 Å². The Hall–Kier alpha value is -3.68. The number of ether oxygens (including phenoxy) is 2. The van der Waals surface area contributed by atoms with Crippen molar-refractivity contribution in [3.05, 3.63) is 54.1 Å². The van der Waals surface area contributed by atoms with Crippen molar-refractivity contribution in [1.82, 2.24) is 0 Å². The van der Waals surface area contributed by atoms with Gasteiger partial charge in [-0.25, -0.2) is 4.79 Å². The van der Waals surface area contributed by atoms with E-state index in [9.17, 15) is 19.2 Å². The number of esters is 1. The van der Waals surface area contributed by atoms with Crippen molar-refractivity contribution in [3.63, 3.8) is 0 Å². The second-order valence-electron chi connectivity index (χ2n) is 6.91. The number of ketones is 1. The molecule has 0 bridgehead atoms. The summed E-state index contributed by atoms with van der Waals surface area (Å²) in [5.41, 5.74) is 1.62. The van der Waals surface area contributed by atoms with Crippen molar-refractivity contribution in [2.45, 2.75) is 26.3 Å². The Morgan fingerprint density at radius 3 is 2.47 bits per heavy atom. The average molecular weight is 410 g/mol. The third-order valence-electron chi connectivity index (χ3n) is 4.60. The lowest BCUT2D eigenvalue weighted by molar-refractivity contribution is -0.149. The first kappa shape index (κ1) is 21.0. The fourth-order valence-electron chi connectivity index (χ4n) is 3.15. The predicted octanol–water partition coefficient (Wildman–Crippen LogP) is 2.58. The van der Waals surface area contributed by atoms with E-state index < -0.39 is 24.5 Å². The molecule has 156 valence electrons. The Bertz CT molecular complexity index is 970. The molecule has 0 saturated carbocycles. The normalized spacial score (nSPS) is 15.5. The highest BCUT2D eigenvalue weighted by Gasteiger charge is 2.30. The van der Waals surface area contributed by atoms with Crippen LogP contribution in [0, 0.1) is 0 Å². The van der Waals surface area contributed by atoms with Crippen LogP contribution in [0.5, 0.6) is 5.75 Å². The van der Waals surface area contributed by atoms with E-state index in [0.29, 0.717) is 22.7 Å². The lowest BCUT2D eigenvalue weighted by Gasteiger charge is -2.27. The molecular formula is C22H22N2O6. The molecule has 0 fully saturated rings. The zero-order valence-corrected chi connectivity index (χ0v) is 16.7. The quantitative estimate of drug-likeness (QED) is 0.580. The molecule has 30 heavy (non-hydrogen) atoms. The zero-order valence-electron chi connectivity index (χ0n) is 16.7. The van der Waals surface area contributed by atoms with Gasteiger partial charge in [-0.05, 0) is 50.2 Å². The van der Waals surface area contributed by atoms with Crippen LogP contribution in [0.15, 0.2) is 48.5 Å². The highest BCUT2D eigenvalue weighted by atomic mass is 16.6. The largest absolute Gasteiger partial charge is 0.482 e. The number of carbonyl (C=O) groups excluding carboxylic acids is 4. The summed E-state index contributed by atoms with van der Waals surface area (Å²) in [5.74, 6) is -0.996. The van der Waals surface area contributed by atoms with Crippen LogP contribution in [0.25, 0.3) is 0 Å². The van der Waals surface area contributed by atoms with Crippen molar-refractivity contribution < 1.29 is 28.7 Å². The van der Waals surface area contributed by atoms with Gasteiger partial charge in [0.05, 0.1) is 11.4 Å². The van der Waals surface area contributed by atoms with E-state index in [1.165, 1.54) is 11.8 Å². The molecule has 0 aromatic heterocycles. The molecule has 2 aromatic rings. The fraction of sp³-hybridized carbons (Fsp3) is 0.273. The minimum absolute atomic E-state index is 0.0688. The van der Waals surface area contributed by atoms with Gasteiger partial charge in [-0.15, -0.1) is 0 Å². The number of nitrogens with zero attached hydrogens (tertiary/aromatic N) is 1. The first-order valence-electron chi connectivity index (χ1n) is 9.45. The van der Waals surface area contributed by atoms with Gasteiger partial charge in [0.1, 0.15) is 5.75 Å². The molecule has 1 aliphatic rings. The van der Waals surface area contributed by atoms with E-state index in [2.05, 4.69) is 5.32 Å². The van der Waals surface area contributed by atoms with Crippen LogP contribution in [-0.2, 0) is 19.1 Å². The number of carbonyl (C=O) groups is 4. The number of rotatable bonds is 6. The second kappa shape index (κ2) is 9.21. The molecule has 1 N–H and O–H groups in total. The monoisotopic (exact) mass is 410 g/mol. The summed E-state index contributed by atoms with van der Waals surface area (Å²) in [4.78, 5) is 49.5. The molecule has 0 saturated heterocycles. The molecule has 0 unspecified atom stereocenters. The summed E-state index contributed by atoms with van der Waals surface area (Å²) in [5, 5.41) is 2.77. The van der Waals surface area contributed by atoms with Gasteiger partial charge >= 0.3 is 5.97 Å². The predicted molar refractivity (Wildman–Crippen MR) is 110 cm³/mol. The minimum Gasteiger partial charge on any atom is -0.482 e. The molecule has 0 spiro atoms. The van der Waals surface area contributed by atoms with Gasteiger partial charge in [0, 0.05) is 18.0 Å². The number of Topliss-reactive ketones (excluding diaryl/α,β-unsaturated/α-hetero) is 1. The molecule has 2 aromatic carbocycles. The molecule has 1 heterocycles. The van der Waals surface area contributed by atoms with Crippen molar-refractivity contribution in [2.24, 2.45) is 0 Å². The highest BCUT2D eigenvalue weighted by Crippen LogP contribution is 2.31. The van der Waals surface area contributed by atoms with Crippen molar-refractivity contribution in [3.8, 4) is 5.75 Å². The number of hydrogen-bond donors (Lipinski definition) is 1. The van der Waals surface area contributed by atoms with Crippen molar-refractivity contribution in [1.29, 1.82) is 0 Å². The number of nitrogens with one attached hydrogen (secondary N) is 1. The first-order chi connectivity index (χ1) is 14.3. The number of amides is 2. The summed E-state index contributed by atoms with van der Waals surface area (Å²) < 4.78 is 10.4. The lowest BCUT2D eigenvalue weighted by atomic mass is 10.1. The van der Waals surface area contributed by atoms with E-state index in [0.717, 1.165) is 0 Å². The van der Waals surface area contributed by atoms with E-state index in [1.54, 1.807) is 55.5 Å². The summed E-state index contributed by atoms with van der Waals surface area (Å²) in [6, 6.07) is 12.9. The Morgan fingerprint density at radius 1 is 1.07 bits per heavy atom. The topological polar surface area (TPSA) is 102 Å². The third-order valence-corrected chi connectivity index (χ3v) is 4.60. The maximum atomic E-state index is 12.7. The molecule has 0 radical (unpaired) electrons. The summed E-state index contributed by atoms with van der Waals surface area (Å²) in [7, 11) is 0. The fourth-order valence-corrected chi connectivity index (χ4v) is 3.15. The Morgan fingerprint density at radius 2 is 1.77 bits per heavy atom. The molecule has 0 aliphatic carbocycles. The molecule has 2 amide bonds. The number of hydrogen-bond acceptors (Lipinski definition) is 6. The van der Waals surface area contributed by atoms with Crippen LogP contribution in [0.1, 0.15) is 30.6 Å². The Balaban J connectivity index is 1.57. The van der Waals surface area contributed by atoms with Crippen molar-refractivity contribution >= 4 is 34.9 Å². The van der Waals surface area contributed by atoms with E-state index >= 15 is 0 Å². The molecule has 1 aliphatic heterocycles. The standard InChI is InChI=1S/C22H22N2O6/c1-14-11-20(26)23-18-5-3-4-6-19(18)24(14)21(27)12-30-22(28)13-29-17-9-7-16(8-10-17)15(2)25/h3-10,14H,11-13H2,1-2H3,(H,23,26)/t14-/m0/s1. The first-order valence-corrected chi connectivity index (χ1v) is 9.45. The van der Waals surface area contributed by atoms with Crippen LogP contribution in [0.4, 0.5) is 11.4 Å². The number of anilines is 2. The van der Waals surface area contributed by atoms with Gasteiger partial charge in [0.25, 0.3) is 5.91 Å². The van der Waals surface area contributed by atoms with Gasteiger partial charge in [-0.2, -0.15) is 0 Å². The maximum absolute atomic E-state index is 12.7. The average Bonchev–Trinajstić information content (AvgIpc) is 2.84. The zero-order chi connectivity index (χ0) is 21.7. The second-order valence-corrected chi connectivity index (χ2v) is 6.91. The van der Waals surface area contributed by atoms with Crippen LogP contribution < -0.4 is 15.0 Å². The third kappa shape index (κ3) is 5.02. The molecule has 8 nitrogen and oxygen atoms in total. The molecule has 8 heteroatoms. The summed E-state index contributed by atoms with van der Waals surface area (Å²) >= 11 is 0. The molecule has 3 rings (SSSR count). The van der Waals surface area contributed by atoms with Gasteiger partial charge in [0.15, 0.2) is 19.0 Å². The Kier molecular flexibility index (Phi) is 6.46. The van der Waals surface area contributed by atoms with Crippen LogP contribution in [0.2, 0.25) is 0 Å². The number of benzene rings is 2. The van der Waals surface area contributed by atoms with Crippen LogP contribution in [0.3, 0.4) is 0 Å². The Labute approximate surface area is 173 Å². The van der Waals surface area contributed by atoms with E-state index in [1.807, 2.05) is 0 Å². The van der Waals surface area contributed by atoms with Crippen LogP contribution in [-0.4, -0.2) is 42.8 Å². The van der Waals surface area contributed by atoms with Gasteiger partial charge in [-0.3, -0.25) is 14.4 Å². The van der Waals surface area contributed by atoms with Crippen molar-refractivity contribution in [2.75, 3.05) is 23.4 Å². The van der Waals surface area contributed by atoms with Crippen LogP contribution >= 0.6 is 0 Å². The minimum atomic E-state index is -0.705. The SMILES string of the molecule is CC(=O)c1ccc(OCC(=O)OCC(=O)N2c3ccccc3NC(=O)C[C@@H]2C)cc1. The maximum Gasteiger partial charge on any atom is 0.344 e. The van der Waals surface area contributed by atoms with Gasteiger partial charge in [0.2, 0.25) is 5.91 Å². The molecular weight excluding hydrogens is 388 g/mol. The van der Waals surface area contributed by atoms with E-state index in [-0.39, 0.29) is 24.7 Å². The highest BCUT2D eigenvalue weighted by molar-refractivity contribution is 6.05. The van der Waals surface area contributed by atoms with Gasteiger partial charge in [-0.1, -0.05) is 12.1 Å². The lowest BCUT2D eigenvalue weighted by Crippen LogP contribution is -2.41. The number of fused-ring (bicyclic) bond motifs is 1. The smallest absolute Gasteiger partial charge is 0.344 e. The van der Waals surface area contributed by atoms with E-state index in [4.69, 9.17) is 9.47 Å².